The van der Waals surface area contributed by atoms with E-state index in [4.69, 9.17) is 0 Å². The molecule has 0 aliphatic heterocycles. The minimum atomic E-state index is -0.263. The van der Waals surface area contributed by atoms with Crippen LogP contribution >= 0.6 is 0 Å². The molecule has 7 rings (SSSR count). The van der Waals surface area contributed by atoms with Crippen LogP contribution in [0.1, 0.15) is 27.8 Å². The van der Waals surface area contributed by atoms with Crippen LogP contribution in [-0.2, 0) is 12.0 Å². The van der Waals surface area contributed by atoms with Crippen LogP contribution in [0, 0.1) is 0 Å². The predicted octanol–water partition coefficient (Wildman–Crippen LogP) is 7.67. The highest BCUT2D eigenvalue weighted by Crippen LogP contribution is 2.62. The molecular formula is C33H25N. The Bertz CT molecular complexity index is 1480. The van der Waals surface area contributed by atoms with Gasteiger partial charge in [-0.25, -0.2) is 0 Å². The largest absolute Gasteiger partial charge is 0.370 e. The summed E-state index contributed by atoms with van der Waals surface area (Å²) < 4.78 is 0. The van der Waals surface area contributed by atoms with E-state index < -0.39 is 0 Å². The van der Waals surface area contributed by atoms with Crippen LogP contribution in [-0.4, -0.2) is 7.05 Å². The Morgan fingerprint density at radius 1 is 0.500 bits per heavy atom. The normalized spacial score (nSPS) is 13.8. The first-order chi connectivity index (χ1) is 16.8. The van der Waals surface area contributed by atoms with Crippen LogP contribution in [0.5, 0.6) is 0 Å². The second kappa shape index (κ2) is 7.20. The summed E-state index contributed by atoms with van der Waals surface area (Å²) in [6.45, 7) is 0.868. The van der Waals surface area contributed by atoms with Crippen LogP contribution < -0.4 is 4.90 Å². The molecular weight excluding hydrogens is 410 g/mol. The molecule has 0 saturated heterocycles. The zero-order valence-electron chi connectivity index (χ0n) is 19.2. The molecule has 0 radical (unpaired) electrons. The van der Waals surface area contributed by atoms with E-state index in [0.29, 0.717) is 0 Å². The molecule has 2 aliphatic carbocycles. The van der Waals surface area contributed by atoms with Crippen molar-refractivity contribution in [3.05, 3.63) is 149 Å². The fourth-order valence-corrected chi connectivity index (χ4v) is 6.29. The maximum Gasteiger partial charge on any atom is 0.0725 e. The molecule has 0 saturated carbocycles. The number of fused-ring (bicyclic) bond motifs is 10. The maximum absolute atomic E-state index is 2.47. The fraction of sp³-hybridized carbons (Fsp3) is 0.0909. The second-order valence-corrected chi connectivity index (χ2v) is 9.46. The molecule has 0 atom stereocenters. The monoisotopic (exact) mass is 435 g/mol. The standard InChI is InChI=1S/C33H25N/c1-34(24-11-3-2-4-12-24)22-23-19-20-28-27-15-7-10-18-31(27)33(32(28)21-23)29-16-8-5-13-25(29)26-14-6-9-17-30(26)33/h2-21H,22H2,1H3. The lowest BCUT2D eigenvalue weighted by atomic mass is 9.70. The summed E-state index contributed by atoms with van der Waals surface area (Å²) in [5.74, 6) is 0. The lowest BCUT2D eigenvalue weighted by Gasteiger charge is -2.31. The van der Waals surface area contributed by atoms with E-state index in [1.54, 1.807) is 0 Å². The van der Waals surface area contributed by atoms with Gasteiger partial charge in [0.15, 0.2) is 0 Å². The van der Waals surface area contributed by atoms with Gasteiger partial charge in [0.05, 0.1) is 5.41 Å². The van der Waals surface area contributed by atoms with Gasteiger partial charge < -0.3 is 4.90 Å². The number of benzene rings is 5. The summed E-state index contributed by atoms with van der Waals surface area (Å²) in [6.07, 6.45) is 0. The topological polar surface area (TPSA) is 3.24 Å². The van der Waals surface area contributed by atoms with Crippen molar-refractivity contribution >= 4 is 5.69 Å². The van der Waals surface area contributed by atoms with E-state index in [1.165, 1.54) is 55.8 Å². The molecule has 0 unspecified atom stereocenters. The van der Waals surface area contributed by atoms with Crippen molar-refractivity contribution in [2.75, 3.05) is 11.9 Å². The molecule has 34 heavy (non-hydrogen) atoms. The van der Waals surface area contributed by atoms with E-state index in [-0.39, 0.29) is 5.41 Å². The van der Waals surface area contributed by atoms with Crippen molar-refractivity contribution in [3.63, 3.8) is 0 Å². The molecule has 162 valence electrons. The van der Waals surface area contributed by atoms with Crippen LogP contribution in [0.15, 0.2) is 121 Å². The quantitative estimate of drug-likeness (QED) is 0.275. The Morgan fingerprint density at radius 3 is 1.53 bits per heavy atom. The number of rotatable bonds is 3. The highest BCUT2D eigenvalue weighted by atomic mass is 15.1. The maximum atomic E-state index is 2.47. The number of hydrogen-bond acceptors (Lipinski definition) is 1. The van der Waals surface area contributed by atoms with Gasteiger partial charge in [0, 0.05) is 19.3 Å². The van der Waals surface area contributed by atoms with Crippen molar-refractivity contribution in [2.24, 2.45) is 0 Å². The molecule has 0 bridgehead atoms. The molecule has 0 amide bonds. The highest BCUT2D eigenvalue weighted by molar-refractivity contribution is 5.94. The predicted molar refractivity (Wildman–Crippen MR) is 141 cm³/mol. The van der Waals surface area contributed by atoms with E-state index in [2.05, 4.69) is 133 Å². The first-order valence-corrected chi connectivity index (χ1v) is 12.0. The minimum absolute atomic E-state index is 0.263. The van der Waals surface area contributed by atoms with E-state index >= 15 is 0 Å². The Kier molecular flexibility index (Phi) is 4.10. The van der Waals surface area contributed by atoms with Crippen LogP contribution in [0.4, 0.5) is 5.69 Å². The molecule has 1 spiro atoms. The SMILES string of the molecule is CN(Cc1ccc2c(c1)C1(c3ccccc3-c3ccccc31)c1ccccc1-2)c1ccccc1. The third-order valence-electron chi connectivity index (χ3n) is 7.68. The molecule has 0 N–H and O–H groups in total. The average Bonchev–Trinajstić information content (AvgIpc) is 3.36. The average molecular weight is 436 g/mol. The third kappa shape index (κ3) is 2.50. The lowest BCUT2D eigenvalue weighted by molar-refractivity contribution is 0.789. The van der Waals surface area contributed by atoms with Gasteiger partial charge in [0.2, 0.25) is 0 Å². The fourth-order valence-electron chi connectivity index (χ4n) is 6.29. The molecule has 0 aromatic heterocycles. The van der Waals surface area contributed by atoms with E-state index in [0.717, 1.165) is 6.54 Å². The molecule has 2 aliphatic rings. The van der Waals surface area contributed by atoms with Crippen molar-refractivity contribution in [3.8, 4) is 22.3 Å². The first-order valence-electron chi connectivity index (χ1n) is 12.0. The van der Waals surface area contributed by atoms with Crippen molar-refractivity contribution < 1.29 is 0 Å². The van der Waals surface area contributed by atoms with Gasteiger partial charge in [0.1, 0.15) is 0 Å². The summed E-state index contributed by atoms with van der Waals surface area (Å²) in [6, 6.07) is 44.7. The van der Waals surface area contributed by atoms with Crippen molar-refractivity contribution in [2.45, 2.75) is 12.0 Å². The second-order valence-electron chi connectivity index (χ2n) is 9.46. The van der Waals surface area contributed by atoms with Crippen LogP contribution in [0.3, 0.4) is 0 Å². The summed E-state index contributed by atoms with van der Waals surface area (Å²) >= 11 is 0. The molecule has 1 heteroatoms. The summed E-state index contributed by atoms with van der Waals surface area (Å²) in [4.78, 5) is 2.33. The Balaban J connectivity index is 1.48. The number of hydrogen-bond donors (Lipinski definition) is 0. The summed E-state index contributed by atoms with van der Waals surface area (Å²) in [7, 11) is 2.17. The van der Waals surface area contributed by atoms with Crippen LogP contribution in [0.25, 0.3) is 22.3 Å². The first kappa shape index (κ1) is 19.4. The molecule has 0 heterocycles. The Labute approximate surface area is 201 Å². The Hall–Kier alpha value is -4.10. The van der Waals surface area contributed by atoms with Gasteiger partial charge >= 0.3 is 0 Å². The van der Waals surface area contributed by atoms with Gasteiger partial charge in [-0.1, -0.05) is 109 Å². The van der Waals surface area contributed by atoms with Gasteiger partial charge in [0.25, 0.3) is 0 Å². The van der Waals surface area contributed by atoms with Gasteiger partial charge in [-0.05, 0) is 62.2 Å². The summed E-state index contributed by atoms with van der Waals surface area (Å²) in [5.41, 5.74) is 13.3. The molecule has 1 nitrogen and oxygen atoms in total. The van der Waals surface area contributed by atoms with Crippen LogP contribution in [0.2, 0.25) is 0 Å². The van der Waals surface area contributed by atoms with E-state index in [9.17, 15) is 0 Å². The molecule has 0 fully saturated rings. The third-order valence-corrected chi connectivity index (χ3v) is 7.68. The number of para-hydroxylation sites is 1. The van der Waals surface area contributed by atoms with Gasteiger partial charge in [-0.3, -0.25) is 0 Å². The zero-order chi connectivity index (χ0) is 22.7. The minimum Gasteiger partial charge on any atom is -0.370 e. The smallest absolute Gasteiger partial charge is 0.0725 e. The highest BCUT2D eigenvalue weighted by Gasteiger charge is 2.51. The van der Waals surface area contributed by atoms with Gasteiger partial charge in [-0.2, -0.15) is 0 Å². The van der Waals surface area contributed by atoms with E-state index in [1.807, 2.05) is 0 Å². The van der Waals surface area contributed by atoms with Crippen molar-refractivity contribution in [1.82, 2.24) is 0 Å². The molecule has 5 aromatic rings. The lowest BCUT2D eigenvalue weighted by Crippen LogP contribution is -2.26. The Morgan fingerprint density at radius 2 is 0.971 bits per heavy atom. The van der Waals surface area contributed by atoms with Crippen molar-refractivity contribution in [1.29, 1.82) is 0 Å². The molecule has 5 aromatic carbocycles. The summed E-state index contributed by atoms with van der Waals surface area (Å²) in [5, 5.41) is 0. The zero-order valence-corrected chi connectivity index (χ0v) is 19.2. The van der Waals surface area contributed by atoms with Gasteiger partial charge in [-0.15, -0.1) is 0 Å². The number of nitrogens with zero attached hydrogens (tertiary/aromatic N) is 1. The number of anilines is 1.